The minimum absolute atomic E-state index is 0.0000929. The molecule has 3 nitrogen and oxygen atoms in total. The number of benzene rings is 2. The molecule has 1 unspecified atom stereocenters. The second-order valence-electron chi connectivity index (χ2n) is 4.71. The summed E-state index contributed by atoms with van der Waals surface area (Å²) in [5.74, 6) is -0.267. The number of nitrogens with one attached hydrogen (secondary N) is 1. The maximum Gasteiger partial charge on any atom is 0.255 e. The molecule has 1 amide bonds. The number of aryl methyl sites for hydroxylation is 1. The zero-order valence-electron chi connectivity index (χ0n) is 11.4. The average Bonchev–Trinajstić information content (AvgIpc) is 2.41. The van der Waals surface area contributed by atoms with Gasteiger partial charge in [-0.3, -0.25) is 4.79 Å². The summed E-state index contributed by atoms with van der Waals surface area (Å²) in [6, 6.07) is 12.8. The molecule has 2 rings (SSSR count). The molecular weight excluding hydrogens is 365 g/mol. The van der Waals surface area contributed by atoms with Crippen LogP contribution >= 0.6 is 22.6 Å². The van der Waals surface area contributed by atoms with E-state index < -0.39 is 0 Å². The Morgan fingerprint density at radius 2 is 1.95 bits per heavy atom. The number of hydrogen-bond acceptors (Lipinski definition) is 2. The summed E-state index contributed by atoms with van der Waals surface area (Å²) in [7, 11) is 0. The molecule has 20 heavy (non-hydrogen) atoms. The fraction of sp³-hybridized carbons (Fsp3) is 0.188. The molecule has 0 aliphatic rings. The van der Waals surface area contributed by atoms with Crippen molar-refractivity contribution in [3.05, 3.63) is 62.7 Å². The summed E-state index contributed by atoms with van der Waals surface area (Å²) >= 11 is 2.11. The number of hydrogen-bond donors (Lipinski definition) is 2. The molecule has 1 atom stereocenters. The van der Waals surface area contributed by atoms with Crippen molar-refractivity contribution in [2.45, 2.75) is 19.9 Å². The number of halogens is 1. The van der Waals surface area contributed by atoms with E-state index in [-0.39, 0.29) is 17.7 Å². The van der Waals surface area contributed by atoms with Gasteiger partial charge in [-0.05, 0) is 65.8 Å². The van der Waals surface area contributed by atoms with Gasteiger partial charge in [-0.2, -0.15) is 0 Å². The van der Waals surface area contributed by atoms with Crippen molar-refractivity contribution in [3.63, 3.8) is 0 Å². The fourth-order valence-electron chi connectivity index (χ4n) is 2.11. The number of phenols is 1. The summed E-state index contributed by atoms with van der Waals surface area (Å²) in [6.45, 7) is 3.95. The highest BCUT2D eigenvalue weighted by atomic mass is 127. The summed E-state index contributed by atoms with van der Waals surface area (Å²) in [5.41, 5.74) is 2.51. The number of rotatable bonds is 3. The molecule has 2 aromatic rings. The first-order valence-corrected chi connectivity index (χ1v) is 7.42. The number of amides is 1. The van der Waals surface area contributed by atoms with Crippen LogP contribution in [0.25, 0.3) is 0 Å². The van der Waals surface area contributed by atoms with Gasteiger partial charge in [0.15, 0.2) is 0 Å². The van der Waals surface area contributed by atoms with Crippen LogP contribution in [0.5, 0.6) is 5.75 Å². The van der Waals surface area contributed by atoms with E-state index in [1.165, 1.54) is 6.07 Å². The van der Waals surface area contributed by atoms with Crippen LogP contribution in [0.2, 0.25) is 0 Å². The van der Waals surface area contributed by atoms with Crippen molar-refractivity contribution in [2.75, 3.05) is 0 Å². The lowest BCUT2D eigenvalue weighted by Crippen LogP contribution is -2.27. The number of aromatic hydroxyl groups is 1. The van der Waals surface area contributed by atoms with E-state index in [1.807, 2.05) is 38.1 Å². The molecule has 0 aromatic heterocycles. The van der Waals surface area contributed by atoms with Gasteiger partial charge in [0, 0.05) is 3.57 Å². The van der Waals surface area contributed by atoms with Gasteiger partial charge in [0.1, 0.15) is 5.75 Å². The third-order valence-corrected chi connectivity index (χ3v) is 3.88. The molecule has 0 spiro atoms. The van der Waals surface area contributed by atoms with E-state index in [1.54, 1.807) is 12.1 Å². The third-order valence-electron chi connectivity index (χ3n) is 3.21. The molecule has 0 saturated heterocycles. The second-order valence-corrected chi connectivity index (χ2v) is 5.96. The zero-order valence-corrected chi connectivity index (χ0v) is 13.5. The molecule has 0 bridgehead atoms. The molecule has 0 aliphatic carbocycles. The lowest BCUT2D eigenvalue weighted by molar-refractivity contribution is 0.0937. The van der Waals surface area contributed by atoms with Gasteiger partial charge in [-0.15, -0.1) is 0 Å². The molecule has 2 aromatic carbocycles. The SMILES string of the molecule is Cc1ccccc1C(C)NC(=O)c1cc(I)ccc1O. The van der Waals surface area contributed by atoms with Gasteiger partial charge >= 0.3 is 0 Å². The van der Waals surface area contributed by atoms with Crippen molar-refractivity contribution >= 4 is 28.5 Å². The number of phenolic OH excluding ortho intramolecular Hbond substituents is 1. The molecule has 104 valence electrons. The molecule has 0 aliphatic heterocycles. The molecule has 4 heteroatoms. The Hall–Kier alpha value is -1.56. The lowest BCUT2D eigenvalue weighted by Gasteiger charge is -2.17. The van der Waals surface area contributed by atoms with Crippen LogP contribution in [-0.4, -0.2) is 11.0 Å². The van der Waals surface area contributed by atoms with Crippen LogP contribution < -0.4 is 5.32 Å². The van der Waals surface area contributed by atoms with Crippen LogP contribution in [0, 0.1) is 10.5 Å². The summed E-state index contributed by atoms with van der Waals surface area (Å²) < 4.78 is 0.911. The Kier molecular flexibility index (Phi) is 4.65. The zero-order chi connectivity index (χ0) is 14.7. The summed E-state index contributed by atoms with van der Waals surface area (Å²) in [6.07, 6.45) is 0. The molecule has 2 N–H and O–H groups in total. The monoisotopic (exact) mass is 381 g/mol. The first-order valence-electron chi connectivity index (χ1n) is 6.34. The summed E-state index contributed by atoms with van der Waals surface area (Å²) in [5, 5.41) is 12.7. The van der Waals surface area contributed by atoms with Crippen LogP contribution in [0.3, 0.4) is 0 Å². The largest absolute Gasteiger partial charge is 0.507 e. The van der Waals surface area contributed by atoms with Crippen molar-refractivity contribution in [2.24, 2.45) is 0 Å². The van der Waals surface area contributed by atoms with Gasteiger partial charge in [0.05, 0.1) is 11.6 Å². The Morgan fingerprint density at radius 1 is 1.25 bits per heavy atom. The first kappa shape index (κ1) is 14.8. The van der Waals surface area contributed by atoms with Crippen LogP contribution in [0.4, 0.5) is 0 Å². The Balaban J connectivity index is 2.20. The van der Waals surface area contributed by atoms with E-state index in [9.17, 15) is 9.90 Å². The highest BCUT2D eigenvalue weighted by molar-refractivity contribution is 14.1. The molecule has 0 fully saturated rings. The quantitative estimate of drug-likeness (QED) is 0.795. The number of carbonyl (C=O) groups excluding carboxylic acids is 1. The highest BCUT2D eigenvalue weighted by Crippen LogP contribution is 2.22. The standard InChI is InChI=1S/C16H16INO2/c1-10-5-3-4-6-13(10)11(2)18-16(20)14-9-12(17)7-8-15(14)19/h3-9,11,19H,1-2H3,(H,18,20). The van der Waals surface area contributed by atoms with Crippen molar-refractivity contribution < 1.29 is 9.90 Å². The van der Waals surface area contributed by atoms with Gasteiger partial charge in [0.25, 0.3) is 5.91 Å². The van der Waals surface area contributed by atoms with E-state index in [2.05, 4.69) is 27.9 Å². The second kappa shape index (κ2) is 6.26. The minimum atomic E-state index is -0.267. The lowest BCUT2D eigenvalue weighted by atomic mass is 10.0. The Morgan fingerprint density at radius 3 is 2.65 bits per heavy atom. The topological polar surface area (TPSA) is 49.3 Å². The average molecular weight is 381 g/mol. The first-order chi connectivity index (χ1) is 9.49. The minimum Gasteiger partial charge on any atom is -0.507 e. The fourth-order valence-corrected chi connectivity index (χ4v) is 2.61. The predicted octanol–water partition coefficient (Wildman–Crippen LogP) is 3.80. The Labute approximate surface area is 132 Å². The van der Waals surface area contributed by atoms with E-state index >= 15 is 0 Å². The Bertz CT molecular complexity index is 640. The maximum atomic E-state index is 12.2. The highest BCUT2D eigenvalue weighted by Gasteiger charge is 2.16. The normalized spacial score (nSPS) is 11.9. The van der Waals surface area contributed by atoms with E-state index in [0.717, 1.165) is 14.7 Å². The van der Waals surface area contributed by atoms with Gasteiger partial charge in [-0.25, -0.2) is 0 Å². The predicted molar refractivity (Wildman–Crippen MR) is 87.9 cm³/mol. The third kappa shape index (κ3) is 3.30. The summed E-state index contributed by atoms with van der Waals surface area (Å²) in [4.78, 5) is 12.2. The van der Waals surface area contributed by atoms with Crippen molar-refractivity contribution in [1.82, 2.24) is 5.32 Å². The smallest absolute Gasteiger partial charge is 0.255 e. The van der Waals surface area contributed by atoms with Crippen LogP contribution in [0.15, 0.2) is 42.5 Å². The van der Waals surface area contributed by atoms with Gasteiger partial charge in [-0.1, -0.05) is 24.3 Å². The van der Waals surface area contributed by atoms with Crippen LogP contribution in [-0.2, 0) is 0 Å². The van der Waals surface area contributed by atoms with Crippen LogP contribution in [0.1, 0.15) is 34.5 Å². The van der Waals surface area contributed by atoms with Gasteiger partial charge < -0.3 is 10.4 Å². The molecule has 0 saturated carbocycles. The van der Waals surface area contributed by atoms with E-state index in [4.69, 9.17) is 0 Å². The number of carbonyl (C=O) groups is 1. The van der Waals surface area contributed by atoms with Crippen molar-refractivity contribution in [3.8, 4) is 5.75 Å². The molecule has 0 heterocycles. The maximum absolute atomic E-state index is 12.2. The van der Waals surface area contributed by atoms with E-state index in [0.29, 0.717) is 5.56 Å². The van der Waals surface area contributed by atoms with Crippen molar-refractivity contribution in [1.29, 1.82) is 0 Å². The molecular formula is C16H16INO2. The molecule has 0 radical (unpaired) electrons. The van der Waals surface area contributed by atoms with Gasteiger partial charge in [0.2, 0.25) is 0 Å².